The second-order valence-corrected chi connectivity index (χ2v) is 17.7. The van der Waals surface area contributed by atoms with Gasteiger partial charge in [-0.3, -0.25) is 9.52 Å². The molecule has 3 atom stereocenters. The third kappa shape index (κ3) is 8.66. The van der Waals surface area contributed by atoms with Gasteiger partial charge in [0.25, 0.3) is 5.85 Å². The molecule has 59 heavy (non-hydrogen) atoms. The number of alkyl halides is 1. The number of rotatable bonds is 17. The van der Waals surface area contributed by atoms with Crippen LogP contribution < -0.4 is 10.5 Å². The smallest absolute Gasteiger partial charge is 0.270 e. The highest BCUT2D eigenvalue weighted by Gasteiger charge is 2.56. The predicted molar refractivity (Wildman–Crippen MR) is 222 cm³/mol. The second-order valence-electron chi connectivity index (χ2n) is 15.6. The molecule has 2 aromatic heterocycles. The zero-order valence-electron chi connectivity index (χ0n) is 32.4. The number of aromatic nitrogens is 3. The number of hydrogen-bond donors (Lipinski definition) is 3. The molecule has 0 radical (unpaired) electrons. The van der Waals surface area contributed by atoms with E-state index in [2.05, 4.69) is 14.8 Å². The molecular formula is C45H45F2N5O6S. The maximum atomic E-state index is 15.6. The molecule has 3 aromatic carbocycles. The summed E-state index contributed by atoms with van der Waals surface area (Å²) in [7, 11) is -4.11. The molecule has 2 heterocycles. The SMILES string of the molecule is CC1(n2ncc(C(=O)c3cc4cc(F)c(NS(=O)(=O)C5(CC(COCc6ccccc6)OCc6ccccc6)CC5)cc4[nH]3)c2N)C=CC(OC2(F)C=CC=CC2)=CC1. The van der Waals surface area contributed by atoms with Crippen molar-refractivity contribution in [3.63, 3.8) is 0 Å². The van der Waals surface area contributed by atoms with Crippen molar-refractivity contribution in [2.75, 3.05) is 17.1 Å². The third-order valence-corrected chi connectivity index (χ3v) is 13.3. The zero-order chi connectivity index (χ0) is 41.3. The molecule has 1 fully saturated rings. The molecule has 3 unspecified atom stereocenters. The van der Waals surface area contributed by atoms with Crippen molar-refractivity contribution < 1.29 is 36.2 Å². The summed E-state index contributed by atoms with van der Waals surface area (Å²) < 4.78 is 79.4. The third-order valence-electron chi connectivity index (χ3n) is 11.1. The number of allylic oxidation sites excluding steroid dienone is 5. The minimum atomic E-state index is -4.11. The molecule has 3 aliphatic carbocycles. The highest BCUT2D eigenvalue weighted by molar-refractivity contribution is 7.94. The van der Waals surface area contributed by atoms with Gasteiger partial charge in [-0.25, -0.2) is 17.5 Å². The number of H-pyrrole nitrogens is 1. The van der Waals surface area contributed by atoms with Gasteiger partial charge in [0, 0.05) is 17.3 Å². The Balaban J connectivity index is 0.951. The molecule has 4 N–H and O–H groups in total. The first kappa shape index (κ1) is 40.0. The molecule has 14 heteroatoms. The highest BCUT2D eigenvalue weighted by Crippen LogP contribution is 2.48. The van der Waals surface area contributed by atoms with Gasteiger partial charge in [0.05, 0.1) is 59.4 Å². The largest absolute Gasteiger partial charge is 0.454 e. The Labute approximate surface area is 341 Å². The Morgan fingerprint density at radius 1 is 1.00 bits per heavy atom. The molecule has 1 saturated carbocycles. The maximum absolute atomic E-state index is 15.6. The summed E-state index contributed by atoms with van der Waals surface area (Å²) in [6.07, 6.45) is 13.8. The number of ether oxygens (including phenoxy) is 3. The minimum Gasteiger partial charge on any atom is -0.454 e. The minimum absolute atomic E-state index is 0.0973. The first-order chi connectivity index (χ1) is 28.3. The number of nitrogens with two attached hydrogens (primary N) is 1. The molecule has 0 saturated heterocycles. The van der Waals surface area contributed by atoms with Gasteiger partial charge >= 0.3 is 0 Å². The second kappa shape index (κ2) is 16.1. The average Bonchev–Trinajstić information content (AvgIpc) is 3.76. The predicted octanol–water partition coefficient (Wildman–Crippen LogP) is 8.54. The van der Waals surface area contributed by atoms with Crippen LogP contribution in [0, 0.1) is 5.82 Å². The summed E-state index contributed by atoms with van der Waals surface area (Å²) in [5.74, 6) is -2.75. The van der Waals surface area contributed by atoms with E-state index < -0.39 is 43.9 Å². The maximum Gasteiger partial charge on any atom is 0.270 e. The number of hydrogen-bond acceptors (Lipinski definition) is 8. The van der Waals surface area contributed by atoms with Crippen LogP contribution in [-0.4, -0.2) is 52.3 Å². The monoisotopic (exact) mass is 821 g/mol. The molecule has 306 valence electrons. The molecule has 3 aliphatic rings. The standard InChI is InChI=1S/C45H45F2N5O6S/c1-43(19-15-34(16-20-43)58-45(47)17-9-4-10-18-45)52-42(48)36(27-49-52)41(53)40-24-33-23-37(46)39(25-38(33)50-40)51-59(54,55)44(21-22-44)26-35(57-29-32-13-7-3-8-14-32)30-56-28-31-11-5-2-6-12-31/h2-17,19,23-25,27,35,50-51H,18,20-22,26,28-30,48H2,1H3. The van der Waals surface area contributed by atoms with Gasteiger partial charge in [0.2, 0.25) is 15.8 Å². The summed E-state index contributed by atoms with van der Waals surface area (Å²) in [5, 5.41) is 4.79. The van der Waals surface area contributed by atoms with Crippen LogP contribution in [0.5, 0.6) is 0 Å². The van der Waals surface area contributed by atoms with Crippen LogP contribution in [0.25, 0.3) is 10.9 Å². The lowest BCUT2D eigenvalue weighted by Crippen LogP contribution is -2.36. The number of halogens is 2. The molecule has 5 aromatic rings. The van der Waals surface area contributed by atoms with Crippen molar-refractivity contribution in [2.24, 2.45) is 0 Å². The summed E-state index contributed by atoms with van der Waals surface area (Å²) in [5.41, 5.74) is 7.98. The van der Waals surface area contributed by atoms with Crippen LogP contribution in [0.2, 0.25) is 0 Å². The lowest BCUT2D eigenvalue weighted by atomic mass is 9.92. The fraction of sp³-hybridized carbons (Fsp3) is 0.289. The van der Waals surface area contributed by atoms with Crippen LogP contribution in [0.3, 0.4) is 0 Å². The van der Waals surface area contributed by atoms with E-state index in [0.717, 1.165) is 11.1 Å². The van der Waals surface area contributed by atoms with Gasteiger partial charge in [-0.1, -0.05) is 85.0 Å². The van der Waals surface area contributed by atoms with Gasteiger partial charge in [-0.05, 0) is 80.2 Å². The number of anilines is 2. The van der Waals surface area contributed by atoms with Gasteiger partial charge < -0.3 is 24.9 Å². The fourth-order valence-corrected chi connectivity index (χ4v) is 9.16. The van der Waals surface area contributed by atoms with Gasteiger partial charge in [0.1, 0.15) is 17.4 Å². The van der Waals surface area contributed by atoms with Crippen molar-refractivity contribution >= 4 is 38.2 Å². The summed E-state index contributed by atoms with van der Waals surface area (Å²) in [6.45, 7) is 2.66. The number of benzene rings is 3. The number of fused-ring (bicyclic) bond motifs is 1. The Bertz CT molecular complexity index is 2580. The van der Waals surface area contributed by atoms with E-state index in [1.54, 1.807) is 36.5 Å². The van der Waals surface area contributed by atoms with E-state index in [-0.39, 0.29) is 48.8 Å². The van der Waals surface area contributed by atoms with E-state index in [0.29, 0.717) is 42.5 Å². The lowest BCUT2D eigenvalue weighted by Gasteiger charge is -2.31. The van der Waals surface area contributed by atoms with Crippen molar-refractivity contribution in [3.8, 4) is 0 Å². The topological polar surface area (TPSA) is 151 Å². The molecule has 11 nitrogen and oxygen atoms in total. The molecule has 8 rings (SSSR count). The average molecular weight is 822 g/mol. The number of carbonyl (C=O) groups excluding carboxylic acids is 1. The van der Waals surface area contributed by atoms with Crippen molar-refractivity contribution in [2.45, 2.75) is 74.5 Å². The van der Waals surface area contributed by atoms with Gasteiger partial charge in [-0.2, -0.15) is 9.49 Å². The summed E-state index contributed by atoms with van der Waals surface area (Å²) in [6, 6.07) is 23.3. The Hall–Kier alpha value is -5.83. The Kier molecular flexibility index (Phi) is 10.9. The summed E-state index contributed by atoms with van der Waals surface area (Å²) >= 11 is 0. The Morgan fingerprint density at radius 3 is 2.39 bits per heavy atom. The van der Waals surface area contributed by atoms with Crippen molar-refractivity contribution in [1.82, 2.24) is 14.8 Å². The van der Waals surface area contributed by atoms with Gasteiger partial charge in [0.15, 0.2) is 0 Å². The van der Waals surface area contributed by atoms with Crippen LogP contribution in [-0.2, 0) is 43.0 Å². The first-order valence-electron chi connectivity index (χ1n) is 19.5. The van der Waals surface area contributed by atoms with Crippen LogP contribution in [0.4, 0.5) is 20.3 Å². The number of nitrogen functional groups attached to an aromatic ring is 1. The number of sulfonamides is 1. The number of carbonyl (C=O) groups is 1. The van der Waals surface area contributed by atoms with Crippen LogP contribution in [0.15, 0.2) is 133 Å². The zero-order valence-corrected chi connectivity index (χ0v) is 33.3. The van der Waals surface area contributed by atoms with E-state index >= 15 is 8.78 Å². The molecular weight excluding hydrogens is 777 g/mol. The molecule has 0 bridgehead atoms. The Morgan fingerprint density at radius 2 is 1.73 bits per heavy atom. The summed E-state index contributed by atoms with van der Waals surface area (Å²) in [4.78, 5) is 16.8. The van der Waals surface area contributed by atoms with E-state index in [1.165, 1.54) is 35.2 Å². The molecule has 0 spiro atoms. The van der Waals surface area contributed by atoms with Crippen LogP contribution >= 0.6 is 0 Å². The first-order valence-corrected chi connectivity index (χ1v) is 20.9. The van der Waals surface area contributed by atoms with E-state index in [9.17, 15) is 13.2 Å². The lowest BCUT2D eigenvalue weighted by molar-refractivity contribution is -0.0631. The number of nitrogens with one attached hydrogen (secondary N) is 2. The number of ketones is 1. The molecule has 0 amide bonds. The van der Waals surface area contributed by atoms with E-state index in [1.807, 2.05) is 67.6 Å². The van der Waals surface area contributed by atoms with Crippen molar-refractivity contribution in [3.05, 3.63) is 162 Å². The highest BCUT2D eigenvalue weighted by atomic mass is 32.2. The normalized spacial score (nSPS) is 21.3. The number of nitrogens with zero attached hydrogens (tertiary/aromatic N) is 2. The fourth-order valence-electron chi connectivity index (χ4n) is 7.45. The number of aromatic amines is 1. The van der Waals surface area contributed by atoms with Crippen molar-refractivity contribution in [1.29, 1.82) is 0 Å². The molecule has 0 aliphatic heterocycles. The van der Waals surface area contributed by atoms with Crippen LogP contribution in [0.1, 0.15) is 66.2 Å². The van der Waals surface area contributed by atoms with Gasteiger partial charge in [-0.15, -0.1) is 0 Å². The quantitative estimate of drug-likeness (QED) is 0.0791. The van der Waals surface area contributed by atoms with E-state index in [4.69, 9.17) is 19.9 Å².